The third-order valence-corrected chi connectivity index (χ3v) is 4.60. The Kier molecular flexibility index (Phi) is 4.21. The second-order valence-corrected chi connectivity index (χ2v) is 6.16. The predicted molar refractivity (Wildman–Crippen MR) is 78.2 cm³/mol. The van der Waals surface area contributed by atoms with Gasteiger partial charge in [0, 0.05) is 43.5 Å². The van der Waals surface area contributed by atoms with Gasteiger partial charge >= 0.3 is 0 Å². The molecule has 0 aliphatic carbocycles. The zero-order valence-corrected chi connectivity index (χ0v) is 12.1. The number of nitrogens with zero attached hydrogens (tertiary/aromatic N) is 3. The summed E-state index contributed by atoms with van der Waals surface area (Å²) in [7, 11) is -1.39. The van der Waals surface area contributed by atoms with Gasteiger partial charge in [0.2, 0.25) is 5.95 Å². The molecule has 0 bridgehead atoms. The average molecular weight is 306 g/mol. The standard InChI is InChI=1S/C14H15FN4OS/c15-11-1-3-12(4-2-11)21(20)13-9-17-14(18-10-13)19-7-5-16-6-8-19/h1-4,9-10,16H,5-8H2. The van der Waals surface area contributed by atoms with Crippen LogP contribution in [-0.2, 0) is 10.8 Å². The van der Waals surface area contributed by atoms with Crippen LogP contribution in [0.15, 0.2) is 46.5 Å². The van der Waals surface area contributed by atoms with Crippen LogP contribution in [0.3, 0.4) is 0 Å². The van der Waals surface area contributed by atoms with Crippen LogP contribution in [0.4, 0.5) is 10.3 Å². The Labute approximate surface area is 124 Å². The molecule has 0 radical (unpaired) electrons. The SMILES string of the molecule is O=S(c1ccc(F)cc1)c1cnc(N2CCNCC2)nc1. The number of rotatable bonds is 3. The van der Waals surface area contributed by atoms with E-state index in [4.69, 9.17) is 0 Å². The summed E-state index contributed by atoms with van der Waals surface area (Å²) >= 11 is 0. The molecule has 1 fully saturated rings. The van der Waals surface area contributed by atoms with Crippen molar-refractivity contribution in [3.63, 3.8) is 0 Å². The number of nitrogens with one attached hydrogen (secondary N) is 1. The third-order valence-electron chi connectivity index (χ3n) is 3.26. The topological polar surface area (TPSA) is 58.1 Å². The summed E-state index contributed by atoms with van der Waals surface area (Å²) in [6, 6.07) is 5.61. The first-order valence-corrected chi connectivity index (χ1v) is 7.84. The Bertz CT molecular complexity index is 626. The number of aromatic nitrogens is 2. The molecule has 3 rings (SSSR count). The van der Waals surface area contributed by atoms with Crippen LogP contribution in [-0.4, -0.2) is 40.4 Å². The van der Waals surface area contributed by atoms with Gasteiger partial charge < -0.3 is 10.2 Å². The summed E-state index contributed by atoms with van der Waals surface area (Å²) in [6.45, 7) is 3.54. The maximum atomic E-state index is 12.9. The molecule has 1 aliphatic heterocycles. The van der Waals surface area contributed by atoms with Gasteiger partial charge in [-0.2, -0.15) is 0 Å². The van der Waals surface area contributed by atoms with Crippen molar-refractivity contribution >= 4 is 16.7 Å². The minimum absolute atomic E-state index is 0.346. The molecule has 1 N–H and O–H groups in total. The van der Waals surface area contributed by atoms with E-state index in [1.54, 1.807) is 12.4 Å². The van der Waals surface area contributed by atoms with Gasteiger partial charge in [-0.1, -0.05) is 0 Å². The van der Waals surface area contributed by atoms with Gasteiger partial charge in [0.25, 0.3) is 0 Å². The Morgan fingerprint density at radius 2 is 1.67 bits per heavy atom. The fourth-order valence-corrected chi connectivity index (χ4v) is 3.08. The van der Waals surface area contributed by atoms with E-state index in [2.05, 4.69) is 20.2 Å². The molecule has 1 aromatic carbocycles. The van der Waals surface area contributed by atoms with Crippen molar-refractivity contribution < 1.29 is 8.60 Å². The maximum absolute atomic E-state index is 12.9. The molecule has 110 valence electrons. The Morgan fingerprint density at radius 1 is 1.05 bits per heavy atom. The maximum Gasteiger partial charge on any atom is 0.225 e. The normalized spacial score (nSPS) is 16.7. The van der Waals surface area contributed by atoms with Gasteiger partial charge in [-0.3, -0.25) is 0 Å². The highest BCUT2D eigenvalue weighted by Gasteiger charge is 2.14. The summed E-state index contributed by atoms with van der Waals surface area (Å²) in [4.78, 5) is 11.7. The number of anilines is 1. The van der Waals surface area contributed by atoms with Crippen LogP contribution in [0.5, 0.6) is 0 Å². The molecule has 1 atom stereocenters. The summed E-state index contributed by atoms with van der Waals surface area (Å²) in [5.41, 5.74) is 0. The van der Waals surface area contributed by atoms with Crippen LogP contribution >= 0.6 is 0 Å². The lowest BCUT2D eigenvalue weighted by atomic mass is 10.4. The number of halogens is 1. The lowest BCUT2D eigenvalue weighted by Gasteiger charge is -2.27. The van der Waals surface area contributed by atoms with Crippen molar-refractivity contribution in [2.24, 2.45) is 0 Å². The van der Waals surface area contributed by atoms with Crippen LogP contribution in [0.2, 0.25) is 0 Å². The van der Waals surface area contributed by atoms with Crippen molar-refractivity contribution in [3.05, 3.63) is 42.5 Å². The molecule has 5 nitrogen and oxygen atoms in total. The van der Waals surface area contributed by atoms with E-state index < -0.39 is 10.8 Å². The number of benzene rings is 1. The molecule has 21 heavy (non-hydrogen) atoms. The Hall–Kier alpha value is -1.86. The molecule has 1 aliphatic rings. The minimum atomic E-state index is -1.39. The van der Waals surface area contributed by atoms with Gasteiger partial charge in [-0.15, -0.1) is 0 Å². The van der Waals surface area contributed by atoms with Gasteiger partial charge in [-0.05, 0) is 24.3 Å². The first-order chi connectivity index (χ1) is 10.2. The summed E-state index contributed by atoms with van der Waals surface area (Å²) < 4.78 is 25.2. The molecule has 2 heterocycles. The van der Waals surface area contributed by atoms with Crippen molar-refractivity contribution in [3.8, 4) is 0 Å². The third kappa shape index (κ3) is 3.25. The molecule has 1 unspecified atom stereocenters. The molecule has 7 heteroatoms. The zero-order chi connectivity index (χ0) is 14.7. The van der Waals surface area contributed by atoms with Crippen LogP contribution in [0, 0.1) is 5.82 Å². The Morgan fingerprint density at radius 3 is 2.29 bits per heavy atom. The predicted octanol–water partition coefficient (Wildman–Crippen LogP) is 1.19. The van der Waals surface area contributed by atoms with Gasteiger partial charge in [-0.25, -0.2) is 18.6 Å². The van der Waals surface area contributed by atoms with E-state index in [0.717, 1.165) is 26.2 Å². The highest BCUT2D eigenvalue weighted by atomic mass is 32.2. The van der Waals surface area contributed by atoms with Crippen LogP contribution in [0.25, 0.3) is 0 Å². The molecule has 0 saturated carbocycles. The quantitative estimate of drug-likeness (QED) is 0.923. The second-order valence-electron chi connectivity index (χ2n) is 4.68. The molecular formula is C14H15FN4OS. The second kappa shape index (κ2) is 6.28. The lowest BCUT2D eigenvalue weighted by molar-refractivity contribution is 0.579. The summed E-state index contributed by atoms with van der Waals surface area (Å²) in [6.07, 6.45) is 3.15. The monoisotopic (exact) mass is 306 g/mol. The first-order valence-electron chi connectivity index (χ1n) is 6.69. The smallest absolute Gasteiger partial charge is 0.225 e. The van der Waals surface area contributed by atoms with Crippen molar-refractivity contribution in [2.75, 3.05) is 31.1 Å². The molecular weight excluding hydrogens is 291 g/mol. The number of hydrogen-bond acceptors (Lipinski definition) is 5. The van der Waals surface area contributed by atoms with Crippen molar-refractivity contribution in [1.29, 1.82) is 0 Å². The number of piperazine rings is 1. The van der Waals surface area contributed by atoms with E-state index >= 15 is 0 Å². The van der Waals surface area contributed by atoms with E-state index in [0.29, 0.717) is 15.7 Å². The molecule has 2 aromatic rings. The van der Waals surface area contributed by atoms with Crippen LogP contribution in [0.1, 0.15) is 0 Å². The van der Waals surface area contributed by atoms with Gasteiger partial charge in [0.1, 0.15) is 5.82 Å². The van der Waals surface area contributed by atoms with E-state index in [-0.39, 0.29) is 5.82 Å². The fourth-order valence-electron chi connectivity index (χ4n) is 2.13. The average Bonchev–Trinajstić information content (AvgIpc) is 2.56. The largest absolute Gasteiger partial charge is 0.338 e. The highest BCUT2D eigenvalue weighted by Crippen LogP contribution is 2.17. The zero-order valence-electron chi connectivity index (χ0n) is 11.3. The first kappa shape index (κ1) is 14.1. The minimum Gasteiger partial charge on any atom is -0.338 e. The molecule has 1 aromatic heterocycles. The molecule has 0 amide bonds. The van der Waals surface area contributed by atoms with E-state index in [1.165, 1.54) is 24.3 Å². The molecule has 1 saturated heterocycles. The van der Waals surface area contributed by atoms with Crippen molar-refractivity contribution in [1.82, 2.24) is 15.3 Å². The summed E-state index contributed by atoms with van der Waals surface area (Å²) in [5, 5.41) is 3.26. The molecule has 0 spiro atoms. The summed E-state index contributed by atoms with van der Waals surface area (Å²) in [5.74, 6) is 0.303. The highest BCUT2D eigenvalue weighted by molar-refractivity contribution is 7.85. The fraction of sp³-hybridized carbons (Fsp3) is 0.286. The van der Waals surface area contributed by atoms with Gasteiger partial charge in [0.05, 0.1) is 15.7 Å². The lowest BCUT2D eigenvalue weighted by Crippen LogP contribution is -2.44. The number of hydrogen-bond donors (Lipinski definition) is 1. The van der Waals surface area contributed by atoms with Gasteiger partial charge in [0.15, 0.2) is 0 Å². The van der Waals surface area contributed by atoms with Crippen molar-refractivity contribution in [2.45, 2.75) is 9.79 Å². The van der Waals surface area contributed by atoms with Crippen LogP contribution < -0.4 is 10.2 Å². The van der Waals surface area contributed by atoms with E-state index in [1.807, 2.05) is 0 Å². The van der Waals surface area contributed by atoms with E-state index in [9.17, 15) is 8.60 Å². The Balaban J connectivity index is 1.77.